The van der Waals surface area contributed by atoms with Gasteiger partial charge in [0.05, 0.1) is 17.2 Å². The molecule has 0 fully saturated rings. The second-order valence-corrected chi connectivity index (χ2v) is 8.91. The summed E-state index contributed by atoms with van der Waals surface area (Å²) in [6.45, 7) is 7.85. The lowest BCUT2D eigenvalue weighted by Crippen LogP contribution is -2.39. The summed E-state index contributed by atoms with van der Waals surface area (Å²) >= 11 is 0. The van der Waals surface area contributed by atoms with Gasteiger partial charge in [-0.2, -0.15) is 0 Å². The molecule has 0 saturated heterocycles. The molecule has 0 saturated carbocycles. The molecule has 2 N–H and O–H groups in total. The second-order valence-electron chi connectivity index (χ2n) is 6.68. The number of amides is 1. The van der Waals surface area contributed by atoms with Crippen LogP contribution in [0.5, 0.6) is 0 Å². The number of halogens is 2. The lowest BCUT2D eigenvalue weighted by atomic mass is 10.0. The van der Waals surface area contributed by atoms with E-state index in [1.807, 2.05) is 27.7 Å². The standard InChI is InChI=1S/C19H17F2N3O5S.2C2H6/c1-30(28,29)17(18(25)23-27)6-7-24-10-22-16-8-11(2-4-13(16)19(24)26)14-9-12(20)3-5-15(14)21;2*1-2/h2-5,8-10,17,27H,6-7H2,1H3,(H,23,25);2*1-2H3. The maximum absolute atomic E-state index is 14.0. The number of nitrogens with one attached hydrogen (secondary N) is 1. The Morgan fingerprint density at radius 3 is 2.35 bits per heavy atom. The van der Waals surface area contributed by atoms with Crippen LogP contribution in [0.25, 0.3) is 22.0 Å². The molecule has 0 spiro atoms. The van der Waals surface area contributed by atoms with Gasteiger partial charge in [-0.05, 0) is 42.3 Å². The molecule has 1 amide bonds. The van der Waals surface area contributed by atoms with Gasteiger partial charge in [0.15, 0.2) is 9.84 Å². The lowest BCUT2D eigenvalue weighted by molar-refractivity contribution is -0.128. The Morgan fingerprint density at radius 1 is 1.12 bits per heavy atom. The molecule has 0 radical (unpaired) electrons. The number of aryl methyl sites for hydroxylation is 1. The molecular formula is C23H29F2N3O5S. The number of nitrogens with zero attached hydrogens (tertiary/aromatic N) is 2. The number of carbonyl (C=O) groups excluding carboxylic acids is 1. The minimum Gasteiger partial charge on any atom is -0.299 e. The molecular weight excluding hydrogens is 468 g/mol. The van der Waals surface area contributed by atoms with Crippen LogP contribution in [-0.4, -0.2) is 40.6 Å². The summed E-state index contributed by atoms with van der Waals surface area (Å²) in [6, 6.07) is 7.34. The monoisotopic (exact) mass is 497 g/mol. The van der Waals surface area contributed by atoms with Crippen LogP contribution in [-0.2, 0) is 21.2 Å². The number of benzene rings is 2. The highest BCUT2D eigenvalue weighted by Gasteiger charge is 2.28. The molecule has 1 heterocycles. The fraction of sp³-hybridized carbons (Fsp3) is 0.348. The molecule has 11 heteroatoms. The van der Waals surface area contributed by atoms with Crippen molar-refractivity contribution in [3.8, 4) is 11.1 Å². The summed E-state index contributed by atoms with van der Waals surface area (Å²) in [5.41, 5.74) is 1.40. The summed E-state index contributed by atoms with van der Waals surface area (Å²) in [4.78, 5) is 28.4. The van der Waals surface area contributed by atoms with Crippen LogP contribution < -0.4 is 11.0 Å². The molecule has 34 heavy (non-hydrogen) atoms. The van der Waals surface area contributed by atoms with E-state index in [4.69, 9.17) is 5.21 Å². The Kier molecular flexibility index (Phi) is 10.9. The first-order valence-corrected chi connectivity index (χ1v) is 12.6. The summed E-state index contributed by atoms with van der Waals surface area (Å²) in [5.74, 6) is -2.33. The molecule has 0 aliphatic carbocycles. The maximum Gasteiger partial charge on any atom is 0.261 e. The van der Waals surface area contributed by atoms with Crippen molar-refractivity contribution in [2.24, 2.45) is 0 Å². The van der Waals surface area contributed by atoms with E-state index in [-0.39, 0.29) is 29.4 Å². The minimum absolute atomic E-state index is 0.0221. The SMILES string of the molecule is CC.CC.CS(=O)(=O)C(CCn1cnc2cc(-c3cc(F)ccc3F)ccc2c1=O)C(=O)NO. The maximum atomic E-state index is 14.0. The summed E-state index contributed by atoms with van der Waals surface area (Å²) < 4.78 is 52.1. The molecule has 1 unspecified atom stereocenters. The molecule has 1 aromatic heterocycles. The summed E-state index contributed by atoms with van der Waals surface area (Å²) in [6.07, 6.45) is 1.76. The van der Waals surface area contributed by atoms with Crippen LogP contribution >= 0.6 is 0 Å². The Labute approximate surface area is 197 Å². The van der Waals surface area contributed by atoms with E-state index < -0.39 is 38.2 Å². The summed E-state index contributed by atoms with van der Waals surface area (Å²) in [7, 11) is -3.82. The molecule has 2 aromatic carbocycles. The third kappa shape index (κ3) is 6.91. The zero-order valence-corrected chi connectivity index (χ0v) is 20.5. The van der Waals surface area contributed by atoms with Crippen molar-refractivity contribution in [3.05, 3.63) is 64.7 Å². The molecule has 8 nitrogen and oxygen atoms in total. The normalized spacial score (nSPS) is 11.5. The third-order valence-electron chi connectivity index (χ3n) is 4.62. The molecule has 0 bridgehead atoms. The van der Waals surface area contributed by atoms with Crippen molar-refractivity contribution in [3.63, 3.8) is 0 Å². The first-order chi connectivity index (χ1) is 16.1. The minimum atomic E-state index is -3.82. The fourth-order valence-corrected chi connectivity index (χ4v) is 4.05. The van der Waals surface area contributed by atoms with E-state index in [1.54, 1.807) is 0 Å². The van der Waals surface area contributed by atoms with Crippen LogP contribution in [0.15, 0.2) is 47.5 Å². The van der Waals surface area contributed by atoms with Gasteiger partial charge in [0.1, 0.15) is 16.9 Å². The quantitative estimate of drug-likeness (QED) is 0.396. The Hall–Kier alpha value is -3.18. The Bertz CT molecular complexity index is 1290. The number of fused-ring (bicyclic) bond motifs is 1. The second kappa shape index (κ2) is 12.9. The van der Waals surface area contributed by atoms with Gasteiger partial charge in [0, 0.05) is 18.4 Å². The van der Waals surface area contributed by atoms with Crippen molar-refractivity contribution in [1.29, 1.82) is 0 Å². The van der Waals surface area contributed by atoms with Crippen molar-refractivity contribution in [1.82, 2.24) is 15.0 Å². The highest BCUT2D eigenvalue weighted by molar-refractivity contribution is 7.92. The fourth-order valence-electron chi connectivity index (χ4n) is 3.07. The van der Waals surface area contributed by atoms with Crippen molar-refractivity contribution >= 4 is 26.6 Å². The predicted molar refractivity (Wildman–Crippen MR) is 127 cm³/mol. The van der Waals surface area contributed by atoms with E-state index in [2.05, 4.69) is 4.98 Å². The Balaban J connectivity index is 0.00000137. The zero-order valence-electron chi connectivity index (χ0n) is 19.7. The van der Waals surface area contributed by atoms with Gasteiger partial charge >= 0.3 is 0 Å². The van der Waals surface area contributed by atoms with E-state index >= 15 is 0 Å². The number of hydrogen-bond acceptors (Lipinski definition) is 6. The van der Waals surface area contributed by atoms with Gasteiger partial charge in [-0.1, -0.05) is 33.8 Å². The van der Waals surface area contributed by atoms with E-state index in [1.165, 1.54) is 30.0 Å². The largest absolute Gasteiger partial charge is 0.299 e. The average Bonchev–Trinajstić information content (AvgIpc) is 2.83. The smallest absolute Gasteiger partial charge is 0.261 e. The lowest BCUT2D eigenvalue weighted by Gasteiger charge is -2.14. The van der Waals surface area contributed by atoms with Gasteiger partial charge < -0.3 is 0 Å². The van der Waals surface area contributed by atoms with Crippen molar-refractivity contribution in [2.75, 3.05) is 6.26 Å². The molecule has 186 valence electrons. The molecule has 3 rings (SSSR count). The molecule has 1 atom stereocenters. The van der Waals surface area contributed by atoms with Crippen LogP contribution in [0.4, 0.5) is 8.78 Å². The van der Waals surface area contributed by atoms with E-state index in [0.717, 1.165) is 29.0 Å². The number of hydrogen-bond donors (Lipinski definition) is 2. The van der Waals surface area contributed by atoms with Crippen LogP contribution in [0.3, 0.4) is 0 Å². The van der Waals surface area contributed by atoms with Crippen LogP contribution in [0.1, 0.15) is 34.1 Å². The number of rotatable bonds is 6. The summed E-state index contributed by atoms with van der Waals surface area (Å²) in [5, 5.41) is 7.37. The first kappa shape index (κ1) is 28.9. The van der Waals surface area contributed by atoms with Gasteiger partial charge in [0.25, 0.3) is 11.5 Å². The van der Waals surface area contributed by atoms with E-state index in [9.17, 15) is 26.8 Å². The molecule has 0 aliphatic heterocycles. The number of sulfone groups is 1. The number of hydroxylamine groups is 1. The molecule has 3 aromatic rings. The zero-order chi connectivity index (χ0) is 26.1. The predicted octanol–water partition coefficient (Wildman–Crippen LogP) is 3.70. The number of carbonyl (C=O) groups is 1. The number of aromatic nitrogens is 2. The average molecular weight is 498 g/mol. The first-order valence-electron chi connectivity index (χ1n) is 10.7. The van der Waals surface area contributed by atoms with E-state index in [0.29, 0.717) is 5.56 Å². The van der Waals surface area contributed by atoms with Crippen molar-refractivity contribution in [2.45, 2.75) is 45.9 Å². The van der Waals surface area contributed by atoms with Crippen LogP contribution in [0, 0.1) is 11.6 Å². The molecule has 0 aliphatic rings. The highest BCUT2D eigenvalue weighted by atomic mass is 32.2. The van der Waals surface area contributed by atoms with Crippen LogP contribution in [0.2, 0.25) is 0 Å². The van der Waals surface area contributed by atoms with Gasteiger partial charge in [0.2, 0.25) is 0 Å². The van der Waals surface area contributed by atoms with Crippen molar-refractivity contribution < 1.29 is 27.2 Å². The van der Waals surface area contributed by atoms with Gasteiger partial charge in [-0.25, -0.2) is 27.7 Å². The topological polar surface area (TPSA) is 118 Å². The third-order valence-corrected chi connectivity index (χ3v) is 6.10. The van der Waals surface area contributed by atoms with Gasteiger partial charge in [-0.15, -0.1) is 0 Å². The Morgan fingerprint density at radius 2 is 1.76 bits per heavy atom. The highest BCUT2D eigenvalue weighted by Crippen LogP contribution is 2.25. The van der Waals surface area contributed by atoms with Gasteiger partial charge in [-0.3, -0.25) is 19.4 Å².